The van der Waals surface area contributed by atoms with Gasteiger partial charge in [0.2, 0.25) is 0 Å². The first-order valence-corrected chi connectivity index (χ1v) is 19.9. The molecule has 0 heterocycles. The zero-order chi connectivity index (χ0) is 30.0. The van der Waals surface area contributed by atoms with Crippen LogP contribution in [0, 0.1) is 0 Å². The van der Waals surface area contributed by atoms with Crippen LogP contribution < -0.4 is 0 Å². The molecule has 0 spiro atoms. The van der Waals surface area contributed by atoms with Gasteiger partial charge in [-0.2, -0.15) is 0 Å². The summed E-state index contributed by atoms with van der Waals surface area (Å²) in [5, 5.41) is 8.78. The van der Waals surface area contributed by atoms with Crippen LogP contribution in [0.1, 0.15) is 212 Å². The lowest BCUT2D eigenvalue weighted by Crippen LogP contribution is -1.92. The smallest absolute Gasteiger partial charge is 0.396 e. The zero-order valence-corrected chi connectivity index (χ0v) is 28.2. The van der Waals surface area contributed by atoms with Gasteiger partial charge in [0, 0.05) is 6.61 Å². The highest BCUT2D eigenvalue weighted by Crippen LogP contribution is 2.35. The molecule has 248 valence electrons. The lowest BCUT2D eigenvalue weighted by Gasteiger charge is -2.05. The number of phosphoric acid groups is 1. The summed E-state index contributed by atoms with van der Waals surface area (Å²) >= 11 is 0. The lowest BCUT2D eigenvalue weighted by atomic mass is 10.0. The Balaban J connectivity index is 3.05. The van der Waals surface area contributed by atoms with E-state index in [-0.39, 0.29) is 6.61 Å². The molecule has 0 aliphatic carbocycles. The number of phosphoric ester groups is 1. The molecule has 0 saturated carbocycles. The summed E-state index contributed by atoms with van der Waals surface area (Å²) in [6.07, 6.45) is 44.5. The number of hydrogen-bond acceptors (Lipinski definition) is 3. The third-order valence-corrected chi connectivity index (χ3v) is 9.08. The SMILES string of the molecule is O=P(O)(O)OCCCCCCCCCCCCCCCCCCCCCCCCCCCCCCCCCCCO. The lowest BCUT2D eigenvalue weighted by molar-refractivity contribution is 0.193. The molecule has 0 aromatic heterocycles. The van der Waals surface area contributed by atoms with Crippen molar-refractivity contribution in [2.75, 3.05) is 13.2 Å². The molecular formula is C35H73O5P. The highest BCUT2D eigenvalue weighted by molar-refractivity contribution is 7.46. The van der Waals surface area contributed by atoms with Crippen LogP contribution in [-0.2, 0) is 9.09 Å². The summed E-state index contributed by atoms with van der Waals surface area (Å²) in [4.78, 5) is 17.3. The summed E-state index contributed by atoms with van der Waals surface area (Å²) in [7, 11) is -4.27. The van der Waals surface area contributed by atoms with Gasteiger partial charge in [-0.1, -0.05) is 199 Å². The van der Waals surface area contributed by atoms with Crippen molar-refractivity contribution in [1.29, 1.82) is 0 Å². The minimum absolute atomic E-state index is 0.167. The molecule has 0 aromatic rings. The van der Waals surface area contributed by atoms with Crippen LogP contribution >= 0.6 is 7.82 Å². The van der Waals surface area contributed by atoms with Crippen molar-refractivity contribution in [3.05, 3.63) is 0 Å². The molecule has 0 unspecified atom stereocenters. The normalized spacial score (nSPS) is 12.0. The summed E-state index contributed by atoms with van der Waals surface area (Å²) in [6.45, 7) is 0.531. The van der Waals surface area contributed by atoms with Crippen LogP contribution in [0.25, 0.3) is 0 Å². The van der Waals surface area contributed by atoms with Crippen molar-refractivity contribution >= 4 is 7.82 Å². The van der Waals surface area contributed by atoms with Crippen LogP contribution in [0.2, 0.25) is 0 Å². The quantitative estimate of drug-likeness (QED) is 0.0489. The Hall–Kier alpha value is 0.0700. The maximum atomic E-state index is 10.6. The number of rotatable bonds is 36. The van der Waals surface area contributed by atoms with E-state index in [1.54, 1.807) is 0 Å². The largest absolute Gasteiger partial charge is 0.469 e. The van der Waals surface area contributed by atoms with Crippen molar-refractivity contribution in [3.63, 3.8) is 0 Å². The van der Waals surface area contributed by atoms with E-state index in [0.29, 0.717) is 6.61 Å². The molecule has 0 fully saturated rings. The highest BCUT2D eigenvalue weighted by atomic mass is 31.2. The van der Waals surface area contributed by atoms with Gasteiger partial charge in [0.1, 0.15) is 0 Å². The first-order valence-electron chi connectivity index (χ1n) is 18.4. The van der Waals surface area contributed by atoms with Gasteiger partial charge in [-0.15, -0.1) is 0 Å². The third-order valence-electron chi connectivity index (χ3n) is 8.56. The van der Waals surface area contributed by atoms with Gasteiger partial charge < -0.3 is 14.9 Å². The second-order valence-electron chi connectivity index (χ2n) is 12.7. The minimum atomic E-state index is -4.27. The summed E-state index contributed by atoms with van der Waals surface area (Å²) in [6, 6.07) is 0. The van der Waals surface area contributed by atoms with Gasteiger partial charge in [-0.3, -0.25) is 4.52 Å². The van der Waals surface area contributed by atoms with Gasteiger partial charge in [-0.25, -0.2) is 4.57 Å². The molecule has 0 radical (unpaired) electrons. The molecule has 0 amide bonds. The van der Waals surface area contributed by atoms with Crippen LogP contribution in [0.4, 0.5) is 0 Å². The Kier molecular flexibility index (Phi) is 34.6. The second kappa shape index (κ2) is 34.6. The molecule has 0 bridgehead atoms. The fourth-order valence-electron chi connectivity index (χ4n) is 5.88. The predicted octanol–water partition coefficient (Wildman–Crippen LogP) is 12.0. The molecule has 41 heavy (non-hydrogen) atoms. The second-order valence-corrected chi connectivity index (χ2v) is 14.0. The third kappa shape index (κ3) is 40.1. The average Bonchev–Trinajstić information content (AvgIpc) is 2.94. The van der Waals surface area contributed by atoms with E-state index in [0.717, 1.165) is 25.7 Å². The monoisotopic (exact) mass is 605 g/mol. The number of aliphatic hydroxyl groups excluding tert-OH is 1. The van der Waals surface area contributed by atoms with Gasteiger partial charge in [-0.05, 0) is 12.8 Å². The first kappa shape index (κ1) is 41.1. The van der Waals surface area contributed by atoms with E-state index < -0.39 is 7.82 Å². The number of hydrogen-bond donors (Lipinski definition) is 3. The molecule has 0 rings (SSSR count). The van der Waals surface area contributed by atoms with Crippen molar-refractivity contribution in [2.45, 2.75) is 212 Å². The Morgan fingerprint density at radius 3 is 0.659 bits per heavy atom. The zero-order valence-electron chi connectivity index (χ0n) is 27.4. The first-order chi connectivity index (χ1) is 20.1. The Morgan fingerprint density at radius 1 is 0.317 bits per heavy atom. The maximum absolute atomic E-state index is 10.6. The van der Waals surface area contributed by atoms with Crippen LogP contribution in [0.5, 0.6) is 0 Å². The van der Waals surface area contributed by atoms with Gasteiger partial charge in [0.05, 0.1) is 6.61 Å². The van der Waals surface area contributed by atoms with E-state index in [4.69, 9.17) is 14.9 Å². The maximum Gasteiger partial charge on any atom is 0.469 e. The Bertz CT molecular complexity index is 525. The molecule has 0 atom stereocenters. The average molecular weight is 605 g/mol. The number of aliphatic hydroxyl groups is 1. The standard InChI is InChI=1S/C35H73O5P/c36-34-32-30-28-26-24-22-20-18-16-14-12-10-8-6-4-2-1-3-5-7-9-11-13-15-17-19-21-23-25-27-29-31-33-35-40-41(37,38)39/h36H,1-35H2,(H2,37,38,39). The highest BCUT2D eigenvalue weighted by Gasteiger charge is 2.12. The van der Waals surface area contributed by atoms with E-state index in [9.17, 15) is 4.57 Å². The molecule has 0 aliphatic heterocycles. The molecule has 5 nitrogen and oxygen atoms in total. The molecule has 0 aromatic carbocycles. The molecule has 6 heteroatoms. The fourth-order valence-corrected chi connectivity index (χ4v) is 6.24. The van der Waals surface area contributed by atoms with Crippen molar-refractivity contribution < 1.29 is 24.0 Å². The van der Waals surface area contributed by atoms with Crippen molar-refractivity contribution in [3.8, 4) is 0 Å². The van der Waals surface area contributed by atoms with Gasteiger partial charge >= 0.3 is 7.82 Å². The van der Waals surface area contributed by atoms with E-state index in [1.165, 1.54) is 186 Å². The van der Waals surface area contributed by atoms with E-state index >= 15 is 0 Å². The molecular weight excluding hydrogens is 531 g/mol. The summed E-state index contributed by atoms with van der Waals surface area (Å²) in [5.74, 6) is 0. The fraction of sp³-hybridized carbons (Fsp3) is 1.00. The summed E-state index contributed by atoms with van der Waals surface area (Å²) in [5.41, 5.74) is 0. The van der Waals surface area contributed by atoms with Crippen molar-refractivity contribution in [1.82, 2.24) is 0 Å². The van der Waals surface area contributed by atoms with Crippen LogP contribution in [-0.4, -0.2) is 28.1 Å². The summed E-state index contributed by atoms with van der Waals surface area (Å²) < 4.78 is 15.0. The van der Waals surface area contributed by atoms with E-state index in [1.807, 2.05) is 0 Å². The Labute approximate surface area is 256 Å². The minimum Gasteiger partial charge on any atom is -0.396 e. The molecule has 0 aliphatic rings. The molecule has 0 saturated heterocycles. The molecule has 3 N–H and O–H groups in total. The number of unbranched alkanes of at least 4 members (excludes halogenated alkanes) is 32. The van der Waals surface area contributed by atoms with Gasteiger partial charge in [0.15, 0.2) is 0 Å². The van der Waals surface area contributed by atoms with Crippen molar-refractivity contribution in [2.24, 2.45) is 0 Å². The van der Waals surface area contributed by atoms with Crippen LogP contribution in [0.15, 0.2) is 0 Å². The predicted molar refractivity (Wildman–Crippen MR) is 177 cm³/mol. The topological polar surface area (TPSA) is 87.0 Å². The van der Waals surface area contributed by atoms with Gasteiger partial charge in [0.25, 0.3) is 0 Å². The van der Waals surface area contributed by atoms with Crippen LogP contribution in [0.3, 0.4) is 0 Å². The Morgan fingerprint density at radius 2 is 0.488 bits per heavy atom. The van der Waals surface area contributed by atoms with E-state index in [2.05, 4.69) is 4.52 Å².